The number of hydrogen-bond acceptors (Lipinski definition) is 5. The highest BCUT2D eigenvalue weighted by Gasteiger charge is 2.24. The third-order valence-electron chi connectivity index (χ3n) is 4.59. The van der Waals surface area contributed by atoms with Crippen LogP contribution in [0.4, 0.5) is 10.5 Å². The molecule has 0 aliphatic carbocycles. The fourth-order valence-corrected chi connectivity index (χ4v) is 4.98. The Balaban J connectivity index is 1.60. The Hall–Kier alpha value is -1.97. The van der Waals surface area contributed by atoms with Crippen LogP contribution in [0.3, 0.4) is 0 Å². The number of urea groups is 1. The normalized spacial score (nSPS) is 14.6. The summed E-state index contributed by atoms with van der Waals surface area (Å²) in [6.07, 6.45) is 2.55. The fourth-order valence-electron chi connectivity index (χ4n) is 3.25. The van der Waals surface area contributed by atoms with Gasteiger partial charge in [-0.25, -0.2) is 18.2 Å². The smallest absolute Gasteiger partial charge is 0.319 e. The van der Waals surface area contributed by atoms with Crippen LogP contribution in [0.1, 0.15) is 26.7 Å². The largest absolute Gasteiger partial charge is 0.338 e. The van der Waals surface area contributed by atoms with E-state index in [1.807, 2.05) is 32.0 Å². The quantitative estimate of drug-likeness (QED) is 0.795. The highest BCUT2D eigenvalue weighted by atomic mass is 32.2. The Morgan fingerprint density at radius 2 is 2.11 bits per heavy atom. The summed E-state index contributed by atoms with van der Waals surface area (Å²) in [6.45, 7) is 5.26. The number of fused-ring (bicyclic) bond motifs is 1. The molecule has 2 heterocycles. The number of anilines is 1. The first-order valence-corrected chi connectivity index (χ1v) is 11.4. The van der Waals surface area contributed by atoms with Crippen molar-refractivity contribution in [2.75, 3.05) is 24.7 Å². The molecule has 3 rings (SSSR count). The van der Waals surface area contributed by atoms with Crippen LogP contribution in [0.25, 0.3) is 0 Å². The monoisotopic (exact) mass is 408 g/mol. The third-order valence-corrected chi connectivity index (χ3v) is 6.97. The van der Waals surface area contributed by atoms with E-state index in [4.69, 9.17) is 0 Å². The molecule has 0 unspecified atom stereocenters. The summed E-state index contributed by atoms with van der Waals surface area (Å²) in [5.74, 6) is 0. The highest BCUT2D eigenvalue weighted by molar-refractivity contribution is 7.88. The van der Waals surface area contributed by atoms with Crippen LogP contribution < -0.4 is 10.6 Å². The molecule has 146 valence electrons. The zero-order chi connectivity index (χ0) is 19.6. The lowest BCUT2D eigenvalue weighted by Crippen LogP contribution is -2.36. The molecule has 1 aromatic heterocycles. The summed E-state index contributed by atoms with van der Waals surface area (Å²) in [6, 6.07) is 5.34. The number of carbonyl (C=O) groups is 1. The van der Waals surface area contributed by atoms with Crippen LogP contribution in [0.2, 0.25) is 0 Å². The molecular formula is C18H24N4O3S2. The van der Waals surface area contributed by atoms with E-state index >= 15 is 0 Å². The fraction of sp³-hybridized carbons (Fsp3) is 0.444. The molecule has 2 aromatic rings. The summed E-state index contributed by atoms with van der Waals surface area (Å²) < 4.78 is 25.0. The van der Waals surface area contributed by atoms with Gasteiger partial charge in [-0.1, -0.05) is 12.1 Å². The molecule has 1 aliphatic heterocycles. The molecule has 7 nitrogen and oxygen atoms in total. The number of benzene rings is 1. The number of nitrogens with one attached hydrogen (secondary N) is 2. The van der Waals surface area contributed by atoms with E-state index in [1.54, 1.807) is 11.3 Å². The van der Waals surface area contributed by atoms with Gasteiger partial charge in [0, 0.05) is 36.6 Å². The maximum atomic E-state index is 12.3. The molecule has 2 amide bonds. The zero-order valence-corrected chi connectivity index (χ0v) is 17.3. The van der Waals surface area contributed by atoms with Crippen molar-refractivity contribution in [2.45, 2.75) is 33.2 Å². The molecule has 0 atom stereocenters. The molecule has 0 saturated heterocycles. The lowest BCUT2D eigenvalue weighted by atomic mass is 9.99. The third kappa shape index (κ3) is 4.85. The second-order valence-electron chi connectivity index (χ2n) is 6.66. The predicted octanol–water partition coefficient (Wildman–Crippen LogP) is 2.44. The number of nitrogens with zero attached hydrogens (tertiary/aromatic N) is 2. The maximum absolute atomic E-state index is 12.3. The van der Waals surface area contributed by atoms with E-state index in [-0.39, 0.29) is 6.03 Å². The number of aromatic nitrogens is 1. The highest BCUT2D eigenvalue weighted by Crippen LogP contribution is 2.27. The number of carbonyl (C=O) groups excluding carboxylic acids is 1. The second-order valence-corrected chi connectivity index (χ2v) is 9.93. The second kappa shape index (κ2) is 7.95. The molecule has 0 saturated carbocycles. The minimum Gasteiger partial charge on any atom is -0.338 e. The van der Waals surface area contributed by atoms with Gasteiger partial charge in [0.2, 0.25) is 10.0 Å². The van der Waals surface area contributed by atoms with Crippen LogP contribution >= 0.6 is 11.3 Å². The summed E-state index contributed by atoms with van der Waals surface area (Å²) in [5, 5.41) is 6.81. The van der Waals surface area contributed by atoms with Crippen LogP contribution in [0, 0.1) is 13.8 Å². The van der Waals surface area contributed by atoms with E-state index in [0.29, 0.717) is 26.1 Å². The van der Waals surface area contributed by atoms with Crippen LogP contribution in [0.15, 0.2) is 18.2 Å². The van der Waals surface area contributed by atoms with Crippen molar-refractivity contribution in [3.63, 3.8) is 0 Å². The number of hydrogen-bond donors (Lipinski definition) is 2. The standard InChI is InChI=1S/C18H24N4O3S2/c1-12-17(26-13(2)20-12)7-9-19-18(23)21-16-6-4-5-14-11-22(27(3,24)25)10-8-15(14)16/h4-6H,7-11H2,1-3H3,(H2,19,21,23). The molecule has 0 fully saturated rings. The van der Waals surface area contributed by atoms with Crippen LogP contribution in [-0.4, -0.2) is 43.1 Å². The molecule has 2 N–H and O–H groups in total. The lowest BCUT2D eigenvalue weighted by Gasteiger charge is -2.28. The molecule has 0 radical (unpaired) electrons. The van der Waals surface area contributed by atoms with Crippen molar-refractivity contribution in [2.24, 2.45) is 0 Å². The van der Waals surface area contributed by atoms with Crippen molar-refractivity contribution in [1.29, 1.82) is 0 Å². The molecule has 0 bridgehead atoms. The molecule has 1 aromatic carbocycles. The lowest BCUT2D eigenvalue weighted by molar-refractivity contribution is 0.252. The number of thiazole rings is 1. The number of rotatable bonds is 5. The maximum Gasteiger partial charge on any atom is 0.319 e. The molecule has 27 heavy (non-hydrogen) atoms. The SMILES string of the molecule is Cc1nc(C)c(CCNC(=O)Nc2cccc3c2CCN(S(C)(=O)=O)C3)s1. The van der Waals surface area contributed by atoms with Gasteiger partial charge in [0.15, 0.2) is 0 Å². The van der Waals surface area contributed by atoms with Gasteiger partial charge in [0.25, 0.3) is 0 Å². The summed E-state index contributed by atoms with van der Waals surface area (Å²) in [7, 11) is -3.22. The summed E-state index contributed by atoms with van der Waals surface area (Å²) in [5.41, 5.74) is 3.69. The Morgan fingerprint density at radius 1 is 1.33 bits per heavy atom. The van der Waals surface area contributed by atoms with Gasteiger partial charge in [0.1, 0.15) is 0 Å². The van der Waals surface area contributed by atoms with Gasteiger partial charge in [-0.15, -0.1) is 11.3 Å². The predicted molar refractivity (Wildman–Crippen MR) is 108 cm³/mol. The number of sulfonamides is 1. The van der Waals surface area contributed by atoms with E-state index in [1.165, 1.54) is 15.4 Å². The number of amides is 2. The molecular weight excluding hydrogens is 384 g/mol. The first-order valence-electron chi connectivity index (χ1n) is 8.77. The Bertz CT molecular complexity index is 954. The van der Waals surface area contributed by atoms with Crippen molar-refractivity contribution in [3.8, 4) is 0 Å². The van der Waals surface area contributed by atoms with E-state index < -0.39 is 10.0 Å². The minimum atomic E-state index is -3.22. The molecule has 9 heteroatoms. The van der Waals surface area contributed by atoms with Gasteiger partial charge in [-0.3, -0.25) is 0 Å². The summed E-state index contributed by atoms with van der Waals surface area (Å²) >= 11 is 1.65. The van der Waals surface area contributed by atoms with Gasteiger partial charge in [0.05, 0.1) is 17.0 Å². The first-order chi connectivity index (χ1) is 12.7. The van der Waals surface area contributed by atoms with Gasteiger partial charge < -0.3 is 10.6 Å². The van der Waals surface area contributed by atoms with E-state index in [0.717, 1.165) is 33.9 Å². The average molecular weight is 409 g/mol. The Labute approximate surface area is 163 Å². The van der Waals surface area contributed by atoms with E-state index in [9.17, 15) is 13.2 Å². The molecule has 0 spiro atoms. The van der Waals surface area contributed by atoms with Gasteiger partial charge in [-0.2, -0.15) is 4.31 Å². The first kappa shape index (κ1) is 19.8. The molecule has 1 aliphatic rings. The zero-order valence-electron chi connectivity index (χ0n) is 15.7. The summed E-state index contributed by atoms with van der Waals surface area (Å²) in [4.78, 5) is 17.8. The van der Waals surface area contributed by atoms with Gasteiger partial charge >= 0.3 is 6.03 Å². The van der Waals surface area contributed by atoms with Crippen molar-refractivity contribution >= 4 is 33.1 Å². The van der Waals surface area contributed by atoms with Crippen molar-refractivity contribution in [1.82, 2.24) is 14.6 Å². The van der Waals surface area contributed by atoms with Crippen LogP contribution in [-0.2, 0) is 29.4 Å². The van der Waals surface area contributed by atoms with Crippen molar-refractivity contribution in [3.05, 3.63) is 44.9 Å². The van der Waals surface area contributed by atoms with E-state index in [2.05, 4.69) is 15.6 Å². The average Bonchev–Trinajstić information content (AvgIpc) is 2.91. The Kier molecular flexibility index (Phi) is 5.83. The number of aryl methyl sites for hydroxylation is 2. The Morgan fingerprint density at radius 3 is 2.78 bits per heavy atom. The topological polar surface area (TPSA) is 91.4 Å². The minimum absolute atomic E-state index is 0.257. The van der Waals surface area contributed by atoms with Crippen molar-refractivity contribution < 1.29 is 13.2 Å². The van der Waals surface area contributed by atoms with Crippen LogP contribution in [0.5, 0.6) is 0 Å². The van der Waals surface area contributed by atoms with Gasteiger partial charge in [-0.05, 0) is 37.5 Å².